The van der Waals surface area contributed by atoms with E-state index in [0.29, 0.717) is 11.1 Å². The summed E-state index contributed by atoms with van der Waals surface area (Å²) in [6, 6.07) is 8.58. The van der Waals surface area contributed by atoms with E-state index < -0.39 is 21.2 Å². The molecule has 2 aromatic carbocycles. The van der Waals surface area contributed by atoms with E-state index in [-0.39, 0.29) is 27.5 Å². The molecule has 26 heavy (non-hydrogen) atoms. The van der Waals surface area contributed by atoms with Gasteiger partial charge in [-0.25, -0.2) is 13.2 Å². The second kappa shape index (κ2) is 6.76. The molecule has 0 atom stereocenters. The zero-order valence-electron chi connectivity index (χ0n) is 15.6. The third-order valence-electron chi connectivity index (χ3n) is 4.31. The van der Waals surface area contributed by atoms with E-state index >= 15 is 0 Å². The number of benzene rings is 2. The summed E-state index contributed by atoms with van der Waals surface area (Å²) in [4.78, 5) is 11.6. The smallest absolute Gasteiger partial charge is 0.339 e. The molecule has 0 aliphatic heterocycles. The topological polar surface area (TPSA) is 91.7 Å². The first-order valence-corrected chi connectivity index (χ1v) is 9.88. The highest BCUT2D eigenvalue weighted by Crippen LogP contribution is 2.38. The van der Waals surface area contributed by atoms with Crippen molar-refractivity contribution in [3.05, 3.63) is 58.1 Å². The number of sulfone groups is 1. The van der Waals surface area contributed by atoms with Crippen LogP contribution in [-0.2, 0) is 21.0 Å². The van der Waals surface area contributed by atoms with Crippen LogP contribution in [0.25, 0.3) is 0 Å². The van der Waals surface area contributed by atoms with Crippen LogP contribution in [0.5, 0.6) is 5.75 Å². The molecule has 0 bridgehead atoms. The van der Waals surface area contributed by atoms with Crippen molar-refractivity contribution in [3.63, 3.8) is 0 Å². The Hall–Kier alpha value is -2.34. The Morgan fingerprint density at radius 3 is 2.23 bits per heavy atom. The van der Waals surface area contributed by atoms with Crippen LogP contribution in [0.2, 0.25) is 0 Å². The predicted octanol–water partition coefficient (Wildman–Crippen LogP) is 3.98. The van der Waals surface area contributed by atoms with Gasteiger partial charge < -0.3 is 10.2 Å². The second-order valence-electron chi connectivity index (χ2n) is 7.57. The van der Waals surface area contributed by atoms with Crippen LogP contribution in [0.15, 0.2) is 35.2 Å². The van der Waals surface area contributed by atoms with E-state index in [1.165, 1.54) is 13.0 Å². The second-order valence-corrected chi connectivity index (χ2v) is 9.53. The lowest BCUT2D eigenvalue weighted by molar-refractivity contribution is 0.0692. The van der Waals surface area contributed by atoms with Gasteiger partial charge in [-0.05, 0) is 36.5 Å². The fourth-order valence-electron chi connectivity index (χ4n) is 3.00. The van der Waals surface area contributed by atoms with Gasteiger partial charge in [-0.2, -0.15) is 0 Å². The fraction of sp³-hybridized carbons (Fsp3) is 0.350. The van der Waals surface area contributed by atoms with Gasteiger partial charge in [0.05, 0.1) is 10.6 Å². The largest absolute Gasteiger partial charge is 0.507 e. The zero-order valence-corrected chi connectivity index (χ0v) is 16.4. The molecule has 6 heteroatoms. The lowest BCUT2D eigenvalue weighted by Gasteiger charge is -2.24. The molecule has 2 N–H and O–H groups in total. The third kappa shape index (κ3) is 3.90. The first kappa shape index (κ1) is 20.0. The average molecular weight is 376 g/mol. The first-order valence-electron chi connectivity index (χ1n) is 8.23. The number of aryl methyl sites for hydroxylation is 1. The SMILES string of the molecule is Cc1cccc(CS(=O)(=O)c2cc(C(C)(C)C)c(O)c(C(=O)O)c2C)c1. The first-order chi connectivity index (χ1) is 11.8. The van der Waals surface area contributed by atoms with Gasteiger partial charge in [0.1, 0.15) is 11.3 Å². The van der Waals surface area contributed by atoms with E-state index in [1.807, 2.05) is 13.0 Å². The Kier molecular flexibility index (Phi) is 5.19. The van der Waals surface area contributed by atoms with Crippen LogP contribution in [-0.4, -0.2) is 24.6 Å². The molecule has 0 aliphatic rings. The minimum absolute atomic E-state index is 0.0515. The lowest BCUT2D eigenvalue weighted by atomic mass is 9.84. The van der Waals surface area contributed by atoms with Crippen molar-refractivity contribution >= 4 is 15.8 Å². The maximum Gasteiger partial charge on any atom is 0.339 e. The third-order valence-corrected chi connectivity index (χ3v) is 6.12. The predicted molar refractivity (Wildman–Crippen MR) is 101 cm³/mol. The normalized spacial score (nSPS) is 12.2. The number of aromatic hydroxyl groups is 1. The van der Waals surface area contributed by atoms with Gasteiger partial charge in [0.2, 0.25) is 0 Å². The number of carboxylic acid groups (broad SMARTS) is 1. The van der Waals surface area contributed by atoms with E-state index in [0.717, 1.165) is 5.56 Å². The summed E-state index contributed by atoms with van der Waals surface area (Å²) in [5, 5.41) is 19.9. The summed E-state index contributed by atoms with van der Waals surface area (Å²) in [5.74, 6) is -1.96. The van der Waals surface area contributed by atoms with Crippen molar-refractivity contribution in [2.45, 2.75) is 50.7 Å². The lowest BCUT2D eigenvalue weighted by Crippen LogP contribution is -2.18. The van der Waals surface area contributed by atoms with Crippen LogP contribution < -0.4 is 0 Å². The van der Waals surface area contributed by atoms with Crippen LogP contribution >= 0.6 is 0 Å². The highest BCUT2D eigenvalue weighted by atomic mass is 32.2. The number of phenols is 1. The van der Waals surface area contributed by atoms with Gasteiger partial charge in [0.25, 0.3) is 0 Å². The molecule has 0 fully saturated rings. The number of hydrogen-bond acceptors (Lipinski definition) is 4. The van der Waals surface area contributed by atoms with E-state index in [1.54, 1.807) is 39.0 Å². The summed E-state index contributed by atoms with van der Waals surface area (Å²) >= 11 is 0. The molecule has 0 aromatic heterocycles. The average Bonchev–Trinajstić information content (AvgIpc) is 2.44. The molecular formula is C20H24O5S. The quantitative estimate of drug-likeness (QED) is 0.842. The molecule has 0 aliphatic carbocycles. The fourth-order valence-corrected chi connectivity index (χ4v) is 4.64. The number of aromatic carboxylic acids is 1. The number of hydrogen-bond donors (Lipinski definition) is 2. The molecule has 0 spiro atoms. The summed E-state index contributed by atoms with van der Waals surface area (Å²) in [6.07, 6.45) is 0. The summed E-state index contributed by atoms with van der Waals surface area (Å²) in [5.41, 5.74) is 0.947. The molecule has 0 saturated heterocycles. The number of carboxylic acids is 1. The van der Waals surface area contributed by atoms with Gasteiger partial charge in [-0.3, -0.25) is 0 Å². The molecule has 140 valence electrons. The number of rotatable bonds is 4. The summed E-state index contributed by atoms with van der Waals surface area (Å²) in [6.45, 7) is 8.67. The molecule has 0 saturated carbocycles. The maximum atomic E-state index is 13.0. The Morgan fingerprint density at radius 1 is 1.12 bits per heavy atom. The van der Waals surface area contributed by atoms with Gasteiger partial charge in [-0.15, -0.1) is 0 Å². The van der Waals surface area contributed by atoms with Crippen molar-refractivity contribution in [1.29, 1.82) is 0 Å². The molecule has 0 radical (unpaired) electrons. The van der Waals surface area contributed by atoms with E-state index in [9.17, 15) is 23.4 Å². The Morgan fingerprint density at radius 2 is 1.73 bits per heavy atom. The number of carbonyl (C=O) groups is 1. The van der Waals surface area contributed by atoms with Crippen molar-refractivity contribution in [2.24, 2.45) is 0 Å². The molecular weight excluding hydrogens is 352 g/mol. The van der Waals surface area contributed by atoms with Gasteiger partial charge in [0.15, 0.2) is 9.84 Å². The molecule has 0 unspecified atom stereocenters. The highest BCUT2D eigenvalue weighted by molar-refractivity contribution is 7.90. The van der Waals surface area contributed by atoms with E-state index in [4.69, 9.17) is 0 Å². The van der Waals surface area contributed by atoms with Gasteiger partial charge in [0, 0.05) is 5.56 Å². The Labute approximate surface area is 154 Å². The standard InChI is InChI=1S/C20H24O5S/c1-12-7-6-8-14(9-12)11-26(24,25)16-10-15(20(3,4)5)18(21)17(13(16)2)19(22)23/h6-10,21H,11H2,1-5H3,(H,22,23). The molecule has 5 nitrogen and oxygen atoms in total. The van der Waals surface area contributed by atoms with Crippen LogP contribution in [0.3, 0.4) is 0 Å². The monoisotopic (exact) mass is 376 g/mol. The molecule has 0 amide bonds. The van der Waals surface area contributed by atoms with Gasteiger partial charge in [-0.1, -0.05) is 50.6 Å². The minimum atomic E-state index is -3.79. The van der Waals surface area contributed by atoms with Crippen LogP contribution in [0.1, 0.15) is 53.4 Å². The van der Waals surface area contributed by atoms with Crippen molar-refractivity contribution < 1.29 is 23.4 Å². The minimum Gasteiger partial charge on any atom is -0.507 e. The summed E-state index contributed by atoms with van der Waals surface area (Å²) in [7, 11) is -3.79. The van der Waals surface area contributed by atoms with Crippen molar-refractivity contribution in [3.8, 4) is 5.75 Å². The van der Waals surface area contributed by atoms with E-state index in [2.05, 4.69) is 0 Å². The molecule has 2 rings (SSSR count). The zero-order chi connectivity index (χ0) is 19.9. The van der Waals surface area contributed by atoms with Crippen LogP contribution in [0.4, 0.5) is 0 Å². The molecule has 2 aromatic rings. The molecule has 0 heterocycles. The van der Waals surface area contributed by atoms with Crippen molar-refractivity contribution in [2.75, 3.05) is 0 Å². The van der Waals surface area contributed by atoms with Crippen molar-refractivity contribution in [1.82, 2.24) is 0 Å². The Balaban J connectivity index is 2.71. The Bertz CT molecular complexity index is 966. The van der Waals surface area contributed by atoms with Crippen LogP contribution in [0, 0.1) is 13.8 Å². The summed E-state index contributed by atoms with van der Waals surface area (Å²) < 4.78 is 26.0. The highest BCUT2D eigenvalue weighted by Gasteiger charge is 2.30. The van der Waals surface area contributed by atoms with Gasteiger partial charge >= 0.3 is 5.97 Å². The maximum absolute atomic E-state index is 13.0.